The van der Waals surface area contributed by atoms with Crippen LogP contribution in [0.25, 0.3) is 0 Å². The predicted molar refractivity (Wildman–Crippen MR) is 88.9 cm³/mol. The summed E-state index contributed by atoms with van der Waals surface area (Å²) in [6.45, 7) is 3.26. The van der Waals surface area contributed by atoms with E-state index in [1.165, 1.54) is 19.2 Å². The van der Waals surface area contributed by atoms with E-state index in [-0.39, 0.29) is 10.8 Å². The minimum atomic E-state index is -1.00. The van der Waals surface area contributed by atoms with Crippen LogP contribution in [0.2, 0.25) is 10.0 Å². The van der Waals surface area contributed by atoms with Crippen molar-refractivity contribution in [3.8, 4) is 0 Å². The highest BCUT2D eigenvalue weighted by atomic mass is 35.5. The number of esters is 1. The highest BCUT2D eigenvalue weighted by molar-refractivity contribution is 6.36. The molecule has 0 bridgehead atoms. The van der Waals surface area contributed by atoms with Crippen LogP contribution in [0.15, 0.2) is 36.5 Å². The SMILES string of the molecule is Cc1ccccc1C(=O)O[C@H](C)C(=O)Nc1ncc(Cl)cc1Cl. The number of aryl methyl sites for hydroxylation is 1. The molecule has 5 nitrogen and oxygen atoms in total. The summed E-state index contributed by atoms with van der Waals surface area (Å²) in [5, 5.41) is 3.04. The Morgan fingerprint density at radius 2 is 1.96 bits per heavy atom. The number of ether oxygens (including phenoxy) is 1. The lowest BCUT2D eigenvalue weighted by molar-refractivity contribution is -0.123. The number of hydrogen-bond acceptors (Lipinski definition) is 4. The molecule has 0 radical (unpaired) electrons. The monoisotopic (exact) mass is 352 g/mol. The van der Waals surface area contributed by atoms with Gasteiger partial charge >= 0.3 is 5.97 Å². The van der Waals surface area contributed by atoms with Gasteiger partial charge in [-0.3, -0.25) is 4.79 Å². The van der Waals surface area contributed by atoms with Gasteiger partial charge in [0.2, 0.25) is 0 Å². The lowest BCUT2D eigenvalue weighted by Crippen LogP contribution is -2.30. The van der Waals surface area contributed by atoms with Crippen LogP contribution in [-0.4, -0.2) is 23.0 Å². The molecule has 1 atom stereocenters. The second kappa shape index (κ2) is 7.44. The lowest BCUT2D eigenvalue weighted by atomic mass is 10.1. The summed E-state index contributed by atoms with van der Waals surface area (Å²) < 4.78 is 5.17. The molecule has 2 aromatic rings. The van der Waals surface area contributed by atoms with E-state index in [1.54, 1.807) is 25.1 Å². The second-order valence-electron chi connectivity index (χ2n) is 4.84. The van der Waals surface area contributed by atoms with Crippen molar-refractivity contribution in [2.24, 2.45) is 0 Å². The van der Waals surface area contributed by atoms with Gasteiger partial charge < -0.3 is 10.1 Å². The molecule has 0 unspecified atom stereocenters. The summed E-state index contributed by atoms with van der Waals surface area (Å²) in [7, 11) is 0. The fourth-order valence-corrected chi connectivity index (χ4v) is 2.23. The zero-order valence-electron chi connectivity index (χ0n) is 12.5. The molecular weight excluding hydrogens is 339 g/mol. The van der Waals surface area contributed by atoms with Crippen molar-refractivity contribution < 1.29 is 14.3 Å². The van der Waals surface area contributed by atoms with Crippen molar-refractivity contribution in [2.75, 3.05) is 5.32 Å². The normalized spacial score (nSPS) is 11.7. The third-order valence-corrected chi connectivity index (χ3v) is 3.56. The molecule has 1 amide bonds. The van der Waals surface area contributed by atoms with Crippen molar-refractivity contribution in [1.29, 1.82) is 0 Å². The number of carbonyl (C=O) groups is 2. The minimum Gasteiger partial charge on any atom is -0.449 e. The molecule has 0 saturated heterocycles. The molecule has 0 saturated carbocycles. The molecule has 0 fully saturated rings. The Bertz CT molecular complexity index is 750. The summed E-state index contributed by atoms with van der Waals surface area (Å²) in [5.74, 6) is -0.954. The first-order valence-corrected chi connectivity index (χ1v) is 7.52. The third-order valence-electron chi connectivity index (χ3n) is 3.07. The first kappa shape index (κ1) is 17.2. The number of amides is 1. The summed E-state index contributed by atoms with van der Waals surface area (Å²) >= 11 is 11.7. The average Bonchev–Trinajstić information content (AvgIpc) is 2.50. The van der Waals surface area contributed by atoms with Crippen LogP contribution < -0.4 is 5.32 Å². The van der Waals surface area contributed by atoms with E-state index in [4.69, 9.17) is 27.9 Å². The van der Waals surface area contributed by atoms with Gasteiger partial charge in [-0.25, -0.2) is 9.78 Å². The van der Waals surface area contributed by atoms with Crippen molar-refractivity contribution in [1.82, 2.24) is 4.98 Å². The topological polar surface area (TPSA) is 68.3 Å². The van der Waals surface area contributed by atoms with E-state index in [1.807, 2.05) is 6.07 Å². The van der Waals surface area contributed by atoms with E-state index in [0.717, 1.165) is 5.56 Å². The molecule has 1 aromatic heterocycles. The standard InChI is InChI=1S/C16H14Cl2N2O3/c1-9-5-3-4-6-12(9)16(22)23-10(2)15(21)20-14-13(18)7-11(17)8-19-14/h3-8,10H,1-2H3,(H,19,20,21)/t10-/m1/s1. The van der Waals surface area contributed by atoms with Crippen LogP contribution in [0.3, 0.4) is 0 Å². The van der Waals surface area contributed by atoms with E-state index in [9.17, 15) is 9.59 Å². The van der Waals surface area contributed by atoms with Gasteiger partial charge in [0.05, 0.1) is 15.6 Å². The van der Waals surface area contributed by atoms with Crippen LogP contribution in [0.5, 0.6) is 0 Å². The number of anilines is 1. The molecule has 0 aliphatic carbocycles. The number of hydrogen-bond donors (Lipinski definition) is 1. The van der Waals surface area contributed by atoms with E-state index >= 15 is 0 Å². The Labute approximate surface area is 143 Å². The number of benzene rings is 1. The number of carbonyl (C=O) groups excluding carboxylic acids is 2. The second-order valence-corrected chi connectivity index (χ2v) is 5.68. The highest BCUT2D eigenvalue weighted by Crippen LogP contribution is 2.22. The Morgan fingerprint density at radius 3 is 2.61 bits per heavy atom. The Kier molecular flexibility index (Phi) is 5.58. The van der Waals surface area contributed by atoms with Gasteiger partial charge in [-0.15, -0.1) is 0 Å². The number of aromatic nitrogens is 1. The molecule has 0 aliphatic rings. The van der Waals surface area contributed by atoms with Crippen molar-refractivity contribution in [3.63, 3.8) is 0 Å². The quantitative estimate of drug-likeness (QED) is 0.847. The number of nitrogens with one attached hydrogen (secondary N) is 1. The van der Waals surface area contributed by atoms with E-state index in [2.05, 4.69) is 10.3 Å². The third kappa shape index (κ3) is 4.43. The highest BCUT2D eigenvalue weighted by Gasteiger charge is 2.21. The summed E-state index contributed by atoms with van der Waals surface area (Å²) in [6, 6.07) is 8.43. The summed E-state index contributed by atoms with van der Waals surface area (Å²) in [4.78, 5) is 28.1. The summed E-state index contributed by atoms with van der Waals surface area (Å²) in [5.41, 5.74) is 1.18. The molecule has 23 heavy (non-hydrogen) atoms. The lowest BCUT2D eigenvalue weighted by Gasteiger charge is -2.14. The zero-order chi connectivity index (χ0) is 17.0. The number of rotatable bonds is 4. The minimum absolute atomic E-state index is 0.153. The van der Waals surface area contributed by atoms with Crippen molar-refractivity contribution in [2.45, 2.75) is 20.0 Å². The molecule has 1 N–H and O–H groups in total. The van der Waals surface area contributed by atoms with Gasteiger partial charge in [0.1, 0.15) is 0 Å². The molecule has 0 aliphatic heterocycles. The first-order chi connectivity index (χ1) is 10.9. The number of halogens is 2. The Balaban J connectivity index is 2.03. The van der Waals surface area contributed by atoms with Crippen LogP contribution in [0.1, 0.15) is 22.8 Å². The fraction of sp³-hybridized carbons (Fsp3) is 0.188. The Hall–Kier alpha value is -2.11. The molecule has 0 spiro atoms. The maximum Gasteiger partial charge on any atom is 0.339 e. The molecule has 2 rings (SSSR count). The molecular formula is C16H14Cl2N2O3. The largest absolute Gasteiger partial charge is 0.449 e. The smallest absolute Gasteiger partial charge is 0.339 e. The van der Waals surface area contributed by atoms with Crippen LogP contribution in [-0.2, 0) is 9.53 Å². The molecule has 7 heteroatoms. The maximum absolute atomic E-state index is 12.1. The van der Waals surface area contributed by atoms with Gasteiger partial charge in [-0.1, -0.05) is 41.4 Å². The Morgan fingerprint density at radius 1 is 1.26 bits per heavy atom. The average molecular weight is 353 g/mol. The van der Waals surface area contributed by atoms with E-state index in [0.29, 0.717) is 10.6 Å². The van der Waals surface area contributed by atoms with Crippen molar-refractivity contribution >= 4 is 40.9 Å². The van der Waals surface area contributed by atoms with E-state index < -0.39 is 18.0 Å². The van der Waals surface area contributed by atoms with Gasteiger partial charge in [0, 0.05) is 6.20 Å². The molecule has 1 aromatic carbocycles. The van der Waals surface area contributed by atoms with Gasteiger partial charge in [0.15, 0.2) is 11.9 Å². The van der Waals surface area contributed by atoms with Gasteiger partial charge in [-0.05, 0) is 31.5 Å². The number of pyridine rings is 1. The van der Waals surface area contributed by atoms with Crippen LogP contribution >= 0.6 is 23.2 Å². The number of nitrogens with zero attached hydrogens (tertiary/aromatic N) is 1. The zero-order valence-corrected chi connectivity index (χ0v) is 14.0. The predicted octanol–water partition coefficient (Wildman–Crippen LogP) is 3.88. The van der Waals surface area contributed by atoms with Gasteiger partial charge in [0.25, 0.3) is 5.91 Å². The first-order valence-electron chi connectivity index (χ1n) is 6.77. The molecule has 120 valence electrons. The van der Waals surface area contributed by atoms with Gasteiger partial charge in [-0.2, -0.15) is 0 Å². The van der Waals surface area contributed by atoms with Crippen molar-refractivity contribution in [3.05, 3.63) is 57.7 Å². The fourth-order valence-electron chi connectivity index (χ4n) is 1.80. The molecule has 1 heterocycles. The van der Waals surface area contributed by atoms with Crippen LogP contribution in [0.4, 0.5) is 5.82 Å². The maximum atomic E-state index is 12.1. The summed E-state index contributed by atoms with van der Waals surface area (Å²) in [6.07, 6.45) is 0.350. The van der Waals surface area contributed by atoms with Crippen LogP contribution in [0, 0.1) is 6.92 Å².